The van der Waals surface area contributed by atoms with Crippen molar-refractivity contribution in [2.24, 2.45) is 0 Å². The Morgan fingerprint density at radius 1 is 1.43 bits per heavy atom. The molecule has 21 heavy (non-hydrogen) atoms. The number of hydrogen-bond donors (Lipinski definition) is 1. The molecular formula is C14H22N2O3S2. The molecule has 0 bridgehead atoms. The summed E-state index contributed by atoms with van der Waals surface area (Å²) >= 11 is 1.51. The second-order valence-corrected chi connectivity index (χ2v) is 8.94. The third kappa shape index (κ3) is 4.88. The molecule has 118 valence electrons. The first kappa shape index (κ1) is 16.6. The van der Waals surface area contributed by atoms with Crippen LogP contribution < -0.4 is 5.73 Å². The van der Waals surface area contributed by atoms with Crippen LogP contribution in [-0.4, -0.2) is 49.5 Å². The highest BCUT2D eigenvalue weighted by Crippen LogP contribution is 2.23. The fraction of sp³-hybridized carbons (Fsp3) is 0.571. The smallest absolute Gasteiger partial charge is 0.215 e. The van der Waals surface area contributed by atoms with Crippen molar-refractivity contribution in [1.29, 1.82) is 0 Å². The second-order valence-electron chi connectivity index (χ2n) is 5.68. The molecule has 0 aromatic heterocycles. The highest BCUT2D eigenvalue weighted by Gasteiger charge is 2.33. The van der Waals surface area contributed by atoms with Crippen molar-refractivity contribution in [2.45, 2.75) is 24.3 Å². The number of rotatable bonds is 5. The summed E-state index contributed by atoms with van der Waals surface area (Å²) in [5.74, 6) is 0.645. The summed E-state index contributed by atoms with van der Waals surface area (Å²) < 4.78 is 31.8. The van der Waals surface area contributed by atoms with Gasteiger partial charge in [0.25, 0.3) is 0 Å². The molecule has 1 fully saturated rings. The number of benzene rings is 1. The van der Waals surface area contributed by atoms with Crippen molar-refractivity contribution >= 4 is 27.5 Å². The lowest BCUT2D eigenvalue weighted by molar-refractivity contribution is -0.0639. The Balaban J connectivity index is 1.89. The minimum Gasteiger partial charge on any atom is -0.399 e. The zero-order chi connectivity index (χ0) is 15.5. The van der Waals surface area contributed by atoms with Gasteiger partial charge in [-0.2, -0.15) is 4.31 Å². The van der Waals surface area contributed by atoms with Crippen LogP contribution in [0.3, 0.4) is 0 Å². The summed E-state index contributed by atoms with van der Waals surface area (Å²) in [5.41, 5.74) is 5.99. The predicted molar refractivity (Wildman–Crippen MR) is 87.0 cm³/mol. The summed E-state index contributed by atoms with van der Waals surface area (Å²) in [4.78, 5) is 0.993. The molecule has 1 saturated heterocycles. The van der Waals surface area contributed by atoms with Crippen LogP contribution in [0.2, 0.25) is 0 Å². The quantitative estimate of drug-likeness (QED) is 0.658. The van der Waals surface area contributed by atoms with Gasteiger partial charge in [0.05, 0.1) is 18.0 Å². The number of sulfonamides is 1. The van der Waals surface area contributed by atoms with Gasteiger partial charge in [0.15, 0.2) is 0 Å². The van der Waals surface area contributed by atoms with E-state index in [1.807, 2.05) is 38.1 Å². The van der Waals surface area contributed by atoms with E-state index in [1.165, 1.54) is 16.1 Å². The molecule has 1 aromatic rings. The van der Waals surface area contributed by atoms with Gasteiger partial charge in [-0.1, -0.05) is 6.07 Å². The van der Waals surface area contributed by atoms with Gasteiger partial charge in [-0.3, -0.25) is 0 Å². The first-order valence-electron chi connectivity index (χ1n) is 6.89. The lowest BCUT2D eigenvalue weighted by Gasteiger charge is -2.37. The molecule has 1 aliphatic rings. The summed E-state index contributed by atoms with van der Waals surface area (Å²) in [5, 5.41) is 0. The Morgan fingerprint density at radius 2 is 2.19 bits per heavy atom. The van der Waals surface area contributed by atoms with E-state index in [0.29, 0.717) is 31.1 Å². The van der Waals surface area contributed by atoms with E-state index in [9.17, 15) is 8.42 Å². The van der Waals surface area contributed by atoms with Crippen LogP contribution in [0.4, 0.5) is 5.69 Å². The minimum absolute atomic E-state index is 0.128. The molecule has 0 aliphatic carbocycles. The van der Waals surface area contributed by atoms with Gasteiger partial charge < -0.3 is 10.5 Å². The Bertz CT molecular complexity index is 588. The van der Waals surface area contributed by atoms with E-state index in [4.69, 9.17) is 10.5 Å². The summed E-state index contributed by atoms with van der Waals surface area (Å²) in [6.45, 7) is 5.13. The van der Waals surface area contributed by atoms with Crippen molar-refractivity contribution in [2.75, 3.05) is 36.9 Å². The predicted octanol–water partition coefficient (Wildman–Crippen LogP) is 1.80. The maximum atomic E-state index is 12.4. The van der Waals surface area contributed by atoms with Crippen LogP contribution in [0.15, 0.2) is 29.2 Å². The number of nitrogen functional groups attached to an aromatic ring is 1. The number of nitrogens with two attached hydrogens (primary N) is 1. The maximum Gasteiger partial charge on any atom is 0.215 e. The molecule has 1 heterocycles. The van der Waals surface area contributed by atoms with E-state index in [-0.39, 0.29) is 5.75 Å². The molecule has 0 saturated carbocycles. The summed E-state index contributed by atoms with van der Waals surface area (Å²) in [7, 11) is -3.23. The highest BCUT2D eigenvalue weighted by molar-refractivity contribution is 8.00. The van der Waals surface area contributed by atoms with Crippen LogP contribution in [0.5, 0.6) is 0 Å². The number of nitrogens with zero attached hydrogens (tertiary/aromatic N) is 1. The molecule has 1 aromatic carbocycles. The SMILES string of the molecule is CC1(C)CN(S(=O)(=O)CCSc2cccc(N)c2)CCO1. The van der Waals surface area contributed by atoms with Crippen molar-refractivity contribution in [1.82, 2.24) is 4.31 Å². The molecular weight excluding hydrogens is 308 g/mol. The first-order chi connectivity index (χ1) is 9.78. The largest absolute Gasteiger partial charge is 0.399 e. The Kier molecular flexibility index (Phi) is 5.19. The van der Waals surface area contributed by atoms with Crippen molar-refractivity contribution in [3.05, 3.63) is 24.3 Å². The zero-order valence-corrected chi connectivity index (χ0v) is 14.0. The fourth-order valence-electron chi connectivity index (χ4n) is 2.21. The van der Waals surface area contributed by atoms with E-state index in [0.717, 1.165) is 4.90 Å². The van der Waals surface area contributed by atoms with Crippen LogP contribution in [0, 0.1) is 0 Å². The van der Waals surface area contributed by atoms with Crippen LogP contribution in [0.1, 0.15) is 13.8 Å². The van der Waals surface area contributed by atoms with Crippen LogP contribution in [-0.2, 0) is 14.8 Å². The molecule has 7 heteroatoms. The lowest BCUT2D eigenvalue weighted by Crippen LogP contribution is -2.51. The average molecular weight is 330 g/mol. The third-order valence-electron chi connectivity index (χ3n) is 3.25. The number of ether oxygens (including phenoxy) is 1. The summed E-state index contributed by atoms with van der Waals surface area (Å²) in [6.07, 6.45) is 0. The summed E-state index contributed by atoms with van der Waals surface area (Å²) in [6, 6.07) is 7.48. The molecule has 1 aliphatic heterocycles. The van der Waals surface area contributed by atoms with Crippen molar-refractivity contribution in [3.8, 4) is 0 Å². The van der Waals surface area contributed by atoms with E-state index < -0.39 is 15.6 Å². The molecule has 0 atom stereocenters. The molecule has 0 amide bonds. The van der Waals surface area contributed by atoms with Crippen LogP contribution >= 0.6 is 11.8 Å². The number of morpholine rings is 1. The molecule has 0 radical (unpaired) electrons. The Morgan fingerprint density at radius 3 is 2.86 bits per heavy atom. The molecule has 2 rings (SSSR count). The van der Waals surface area contributed by atoms with Crippen molar-refractivity contribution in [3.63, 3.8) is 0 Å². The highest BCUT2D eigenvalue weighted by atomic mass is 32.2. The number of anilines is 1. The second kappa shape index (κ2) is 6.56. The number of thioether (sulfide) groups is 1. The maximum absolute atomic E-state index is 12.4. The standard InChI is InChI=1S/C14H22N2O3S2/c1-14(2)11-16(6-7-19-14)21(17,18)9-8-20-13-5-3-4-12(15)10-13/h3-5,10H,6-9,11,15H2,1-2H3. The van der Waals surface area contributed by atoms with Crippen LogP contribution in [0.25, 0.3) is 0 Å². The minimum atomic E-state index is -3.23. The van der Waals surface area contributed by atoms with E-state index in [1.54, 1.807) is 0 Å². The van der Waals surface area contributed by atoms with Gasteiger partial charge in [-0.05, 0) is 32.0 Å². The molecule has 2 N–H and O–H groups in total. The van der Waals surface area contributed by atoms with Gasteiger partial charge in [-0.15, -0.1) is 11.8 Å². The molecule has 0 unspecified atom stereocenters. The number of hydrogen-bond acceptors (Lipinski definition) is 5. The average Bonchev–Trinajstić information content (AvgIpc) is 2.37. The Labute approximate surface area is 130 Å². The monoisotopic (exact) mass is 330 g/mol. The first-order valence-corrected chi connectivity index (χ1v) is 9.48. The Hall–Kier alpha value is -0.760. The van der Waals surface area contributed by atoms with Gasteiger partial charge in [0, 0.05) is 29.4 Å². The molecule has 5 nitrogen and oxygen atoms in total. The van der Waals surface area contributed by atoms with Gasteiger partial charge in [0.1, 0.15) is 0 Å². The lowest BCUT2D eigenvalue weighted by atomic mass is 10.1. The van der Waals surface area contributed by atoms with Gasteiger partial charge >= 0.3 is 0 Å². The molecule has 0 spiro atoms. The van der Waals surface area contributed by atoms with Gasteiger partial charge in [-0.25, -0.2) is 8.42 Å². The zero-order valence-electron chi connectivity index (χ0n) is 12.4. The van der Waals surface area contributed by atoms with Crippen molar-refractivity contribution < 1.29 is 13.2 Å². The third-order valence-corrected chi connectivity index (χ3v) is 6.32. The fourth-order valence-corrected chi connectivity index (χ4v) is 5.13. The van der Waals surface area contributed by atoms with E-state index in [2.05, 4.69) is 0 Å². The van der Waals surface area contributed by atoms with Gasteiger partial charge in [0.2, 0.25) is 10.0 Å². The van der Waals surface area contributed by atoms with E-state index >= 15 is 0 Å². The topological polar surface area (TPSA) is 72.6 Å². The normalized spacial score (nSPS) is 19.5.